The van der Waals surface area contributed by atoms with Gasteiger partial charge in [0.15, 0.2) is 0 Å². The number of nitrogens with two attached hydrogens (primary N) is 1. The second-order valence-electron chi connectivity index (χ2n) is 3.90. The van der Waals surface area contributed by atoms with E-state index in [-0.39, 0.29) is 0 Å². The molecule has 1 aromatic heterocycles. The summed E-state index contributed by atoms with van der Waals surface area (Å²) in [5.41, 5.74) is 6.69. The van der Waals surface area contributed by atoms with Crippen LogP contribution in [0.1, 0.15) is 0 Å². The lowest BCUT2D eigenvalue weighted by Gasteiger charge is -2.06. The van der Waals surface area contributed by atoms with E-state index >= 15 is 0 Å². The highest BCUT2D eigenvalue weighted by Crippen LogP contribution is 2.23. The van der Waals surface area contributed by atoms with Gasteiger partial charge in [-0.2, -0.15) is 0 Å². The molecular weight excluding hydrogens is 312 g/mol. The highest BCUT2D eigenvalue weighted by molar-refractivity contribution is 9.10. The van der Waals surface area contributed by atoms with E-state index in [4.69, 9.17) is 18.0 Å². The molecule has 0 bridgehead atoms. The molecule has 0 unspecified atom stereocenters. The molecular formula is C12H9BrN4S. The minimum Gasteiger partial charge on any atom is -0.368 e. The maximum Gasteiger partial charge on any atom is 0.225 e. The second-order valence-corrected chi connectivity index (χ2v) is 5.20. The Morgan fingerprint density at radius 1 is 1.17 bits per heavy atom. The molecule has 0 saturated carbocycles. The molecule has 0 radical (unpaired) electrons. The summed E-state index contributed by atoms with van der Waals surface area (Å²) >= 11 is 8.61. The molecule has 0 aliphatic heterocycles. The standard InChI is InChI=1S/C12H9BrN4S/c13-9-3-1-8-6-10(4-2-7(8)5-9)17-11(14)15-16-12(17)18/h1-6H,(H2,14,15)(H,16,18). The largest absolute Gasteiger partial charge is 0.368 e. The van der Waals surface area contributed by atoms with Gasteiger partial charge in [0.25, 0.3) is 0 Å². The van der Waals surface area contributed by atoms with Crippen LogP contribution in [0.5, 0.6) is 0 Å². The van der Waals surface area contributed by atoms with E-state index in [9.17, 15) is 0 Å². The predicted octanol–water partition coefficient (Wildman–Crippen LogP) is 3.43. The number of fused-ring (bicyclic) bond motifs is 1. The SMILES string of the molecule is Nc1n[nH]c(=S)n1-c1ccc2cc(Br)ccc2c1. The molecule has 3 N–H and O–H groups in total. The molecule has 2 aromatic carbocycles. The van der Waals surface area contributed by atoms with Gasteiger partial charge in [0, 0.05) is 4.47 Å². The topological polar surface area (TPSA) is 59.6 Å². The lowest BCUT2D eigenvalue weighted by Crippen LogP contribution is -2.00. The summed E-state index contributed by atoms with van der Waals surface area (Å²) in [6, 6.07) is 12.1. The summed E-state index contributed by atoms with van der Waals surface area (Å²) in [4.78, 5) is 0. The van der Waals surface area contributed by atoms with Gasteiger partial charge in [-0.3, -0.25) is 4.57 Å². The van der Waals surface area contributed by atoms with Crippen molar-refractivity contribution in [2.45, 2.75) is 0 Å². The van der Waals surface area contributed by atoms with E-state index in [2.05, 4.69) is 32.2 Å². The van der Waals surface area contributed by atoms with Crippen LogP contribution < -0.4 is 5.73 Å². The maximum absolute atomic E-state index is 5.79. The number of anilines is 1. The number of hydrogen-bond donors (Lipinski definition) is 2. The quantitative estimate of drug-likeness (QED) is 0.675. The Morgan fingerprint density at radius 2 is 1.89 bits per heavy atom. The average molecular weight is 321 g/mol. The van der Waals surface area contributed by atoms with Crippen molar-refractivity contribution in [1.29, 1.82) is 0 Å². The summed E-state index contributed by atoms with van der Waals surface area (Å²) < 4.78 is 3.25. The fourth-order valence-corrected chi connectivity index (χ4v) is 2.53. The van der Waals surface area contributed by atoms with E-state index in [1.165, 1.54) is 0 Å². The van der Waals surface area contributed by atoms with Crippen LogP contribution in [0, 0.1) is 4.77 Å². The van der Waals surface area contributed by atoms with Gasteiger partial charge in [0.1, 0.15) is 0 Å². The lowest BCUT2D eigenvalue weighted by molar-refractivity contribution is 1.04. The van der Waals surface area contributed by atoms with Crippen molar-refractivity contribution in [1.82, 2.24) is 14.8 Å². The van der Waals surface area contributed by atoms with Crippen molar-refractivity contribution in [3.63, 3.8) is 0 Å². The third kappa shape index (κ3) is 1.83. The van der Waals surface area contributed by atoms with Crippen molar-refractivity contribution in [2.75, 3.05) is 5.73 Å². The number of halogens is 1. The smallest absolute Gasteiger partial charge is 0.225 e. The fourth-order valence-electron chi connectivity index (χ4n) is 1.90. The highest BCUT2D eigenvalue weighted by atomic mass is 79.9. The summed E-state index contributed by atoms with van der Waals surface area (Å²) in [6.45, 7) is 0. The zero-order chi connectivity index (χ0) is 12.7. The lowest BCUT2D eigenvalue weighted by atomic mass is 10.1. The highest BCUT2D eigenvalue weighted by Gasteiger charge is 2.05. The minimum atomic E-state index is 0.358. The van der Waals surface area contributed by atoms with E-state index in [1.54, 1.807) is 4.57 Å². The number of hydrogen-bond acceptors (Lipinski definition) is 3. The van der Waals surface area contributed by atoms with Crippen molar-refractivity contribution in [3.8, 4) is 5.69 Å². The summed E-state index contributed by atoms with van der Waals surface area (Å²) in [5.74, 6) is 0.358. The summed E-state index contributed by atoms with van der Waals surface area (Å²) in [6.07, 6.45) is 0. The van der Waals surface area contributed by atoms with Crippen LogP contribution >= 0.6 is 28.1 Å². The van der Waals surface area contributed by atoms with E-state index in [0.717, 1.165) is 20.9 Å². The molecule has 0 saturated heterocycles. The zero-order valence-electron chi connectivity index (χ0n) is 9.22. The molecule has 0 amide bonds. The number of aromatic amines is 1. The molecule has 3 rings (SSSR count). The van der Waals surface area contributed by atoms with Gasteiger partial charge < -0.3 is 5.73 Å². The number of rotatable bonds is 1. The minimum absolute atomic E-state index is 0.358. The molecule has 0 fully saturated rings. The Morgan fingerprint density at radius 3 is 2.61 bits per heavy atom. The van der Waals surface area contributed by atoms with Gasteiger partial charge in [0.2, 0.25) is 10.7 Å². The second kappa shape index (κ2) is 4.22. The van der Waals surface area contributed by atoms with Gasteiger partial charge in [-0.15, -0.1) is 5.10 Å². The van der Waals surface area contributed by atoms with Crippen LogP contribution in [-0.4, -0.2) is 14.8 Å². The number of aromatic nitrogens is 3. The first kappa shape index (κ1) is 11.4. The van der Waals surface area contributed by atoms with Crippen LogP contribution in [0.4, 0.5) is 5.95 Å². The molecule has 0 aliphatic rings. The molecule has 0 spiro atoms. The molecule has 1 heterocycles. The van der Waals surface area contributed by atoms with E-state index in [0.29, 0.717) is 10.7 Å². The number of H-pyrrole nitrogens is 1. The Bertz CT molecular complexity index is 790. The normalized spacial score (nSPS) is 10.9. The van der Waals surface area contributed by atoms with Gasteiger partial charge in [0.05, 0.1) is 5.69 Å². The Balaban J connectivity index is 2.26. The van der Waals surface area contributed by atoms with E-state index < -0.39 is 0 Å². The van der Waals surface area contributed by atoms with Crippen LogP contribution in [0.25, 0.3) is 16.5 Å². The van der Waals surface area contributed by atoms with Crippen molar-refractivity contribution < 1.29 is 0 Å². The van der Waals surface area contributed by atoms with Crippen molar-refractivity contribution >= 4 is 44.9 Å². The third-order valence-electron chi connectivity index (χ3n) is 2.74. The Kier molecular flexibility index (Phi) is 2.68. The molecule has 4 nitrogen and oxygen atoms in total. The monoisotopic (exact) mass is 320 g/mol. The van der Waals surface area contributed by atoms with Crippen LogP contribution in [0.3, 0.4) is 0 Å². The number of benzene rings is 2. The molecule has 0 atom stereocenters. The van der Waals surface area contributed by atoms with Crippen LogP contribution in [0.15, 0.2) is 40.9 Å². The zero-order valence-corrected chi connectivity index (χ0v) is 11.6. The summed E-state index contributed by atoms with van der Waals surface area (Å²) in [7, 11) is 0. The molecule has 90 valence electrons. The van der Waals surface area contributed by atoms with Crippen LogP contribution in [-0.2, 0) is 0 Å². The van der Waals surface area contributed by atoms with Gasteiger partial charge in [-0.05, 0) is 47.3 Å². The summed E-state index contributed by atoms with van der Waals surface area (Å²) in [5, 5.41) is 8.86. The number of nitrogens with one attached hydrogen (secondary N) is 1. The Labute approximate surface area is 117 Å². The van der Waals surface area contributed by atoms with Gasteiger partial charge in [-0.1, -0.05) is 28.1 Å². The van der Waals surface area contributed by atoms with Crippen LogP contribution in [0.2, 0.25) is 0 Å². The van der Waals surface area contributed by atoms with Gasteiger partial charge in [-0.25, -0.2) is 5.10 Å². The molecule has 6 heteroatoms. The predicted molar refractivity (Wildman–Crippen MR) is 78.4 cm³/mol. The number of nitrogens with zero attached hydrogens (tertiary/aromatic N) is 2. The number of nitrogen functional groups attached to an aromatic ring is 1. The first-order valence-electron chi connectivity index (χ1n) is 5.28. The average Bonchev–Trinajstić information content (AvgIpc) is 2.69. The van der Waals surface area contributed by atoms with Crippen molar-refractivity contribution in [3.05, 3.63) is 45.6 Å². The van der Waals surface area contributed by atoms with Crippen molar-refractivity contribution in [2.24, 2.45) is 0 Å². The molecule has 18 heavy (non-hydrogen) atoms. The third-order valence-corrected chi connectivity index (χ3v) is 3.51. The van der Waals surface area contributed by atoms with E-state index in [1.807, 2.05) is 30.3 Å². The molecule has 0 aliphatic carbocycles. The maximum atomic E-state index is 5.79. The fraction of sp³-hybridized carbons (Fsp3) is 0. The first-order valence-corrected chi connectivity index (χ1v) is 6.48. The first-order chi connectivity index (χ1) is 8.65. The molecule has 3 aromatic rings. The Hall–Kier alpha value is -1.66. The van der Waals surface area contributed by atoms with Gasteiger partial charge >= 0.3 is 0 Å².